The molecule has 1 fully saturated rings. The number of carbonyl (C=O) groups is 1. The minimum absolute atomic E-state index is 0.116. The Kier molecular flexibility index (Phi) is 6.65. The van der Waals surface area contributed by atoms with Gasteiger partial charge in [0, 0.05) is 16.6 Å². The average molecular weight is 506 g/mol. The van der Waals surface area contributed by atoms with Gasteiger partial charge in [0.25, 0.3) is 5.91 Å². The quantitative estimate of drug-likeness (QED) is 0.271. The highest BCUT2D eigenvalue weighted by Crippen LogP contribution is 2.36. The third kappa shape index (κ3) is 5.06. The van der Waals surface area contributed by atoms with Crippen LogP contribution < -0.4 is 9.47 Å². The second kappa shape index (κ2) is 10.0. The van der Waals surface area contributed by atoms with E-state index in [9.17, 15) is 9.18 Å². The van der Waals surface area contributed by atoms with Crippen molar-refractivity contribution in [1.82, 2.24) is 14.7 Å². The minimum atomic E-state index is -0.377. The lowest BCUT2D eigenvalue weighted by atomic mass is 10.1. The van der Waals surface area contributed by atoms with Crippen LogP contribution in [0.4, 0.5) is 4.39 Å². The number of methoxy groups -OCH3 is 1. The van der Waals surface area contributed by atoms with E-state index in [-0.39, 0.29) is 17.8 Å². The third-order valence-corrected chi connectivity index (χ3v) is 6.37. The van der Waals surface area contributed by atoms with E-state index in [1.165, 1.54) is 24.3 Å². The first-order valence-electron chi connectivity index (χ1n) is 11.7. The molecule has 1 aromatic heterocycles. The number of benzene rings is 3. The lowest BCUT2D eigenvalue weighted by molar-refractivity contribution is 0.0728. The van der Waals surface area contributed by atoms with Crippen LogP contribution in [-0.2, 0) is 6.54 Å². The molecular weight excluding hydrogens is 481 g/mol. The topological polar surface area (TPSA) is 56.6 Å². The highest BCUT2D eigenvalue weighted by molar-refractivity contribution is 6.30. The molecule has 1 heterocycles. The zero-order chi connectivity index (χ0) is 25.2. The Balaban J connectivity index is 1.54. The van der Waals surface area contributed by atoms with Crippen LogP contribution in [0.15, 0.2) is 72.8 Å². The Morgan fingerprint density at radius 1 is 1.08 bits per heavy atom. The van der Waals surface area contributed by atoms with Crippen LogP contribution >= 0.6 is 11.6 Å². The molecule has 1 amide bonds. The molecule has 0 N–H and O–H groups in total. The third-order valence-electron chi connectivity index (χ3n) is 6.13. The van der Waals surface area contributed by atoms with E-state index < -0.39 is 0 Å². The first-order valence-corrected chi connectivity index (χ1v) is 12.0. The van der Waals surface area contributed by atoms with Crippen molar-refractivity contribution in [2.24, 2.45) is 0 Å². The lowest BCUT2D eigenvalue weighted by Crippen LogP contribution is -2.32. The molecule has 1 saturated carbocycles. The van der Waals surface area contributed by atoms with E-state index in [2.05, 4.69) is 0 Å². The zero-order valence-electron chi connectivity index (χ0n) is 19.9. The van der Waals surface area contributed by atoms with Gasteiger partial charge in [-0.05, 0) is 86.5 Å². The molecule has 4 aromatic rings. The van der Waals surface area contributed by atoms with Gasteiger partial charge in [0.2, 0.25) is 5.88 Å². The van der Waals surface area contributed by atoms with Crippen molar-refractivity contribution in [3.63, 3.8) is 0 Å². The number of hydrogen-bond acceptors (Lipinski definition) is 4. The summed E-state index contributed by atoms with van der Waals surface area (Å²) in [6.07, 6.45) is 1.84. The maximum Gasteiger partial charge on any atom is 0.254 e. The fraction of sp³-hybridized carbons (Fsp3) is 0.214. The molecule has 0 aliphatic heterocycles. The second-order valence-corrected chi connectivity index (χ2v) is 9.15. The smallest absolute Gasteiger partial charge is 0.254 e. The first-order chi connectivity index (χ1) is 17.4. The van der Waals surface area contributed by atoms with Crippen LogP contribution in [0.1, 0.15) is 34.5 Å². The summed E-state index contributed by atoms with van der Waals surface area (Å²) in [4.78, 5) is 15.2. The maximum absolute atomic E-state index is 13.5. The van der Waals surface area contributed by atoms with Gasteiger partial charge in [-0.2, -0.15) is 5.10 Å². The zero-order valence-corrected chi connectivity index (χ0v) is 20.7. The molecule has 0 bridgehead atoms. The van der Waals surface area contributed by atoms with E-state index in [0.717, 1.165) is 29.8 Å². The number of aryl methyl sites for hydroxylation is 1. The van der Waals surface area contributed by atoms with Crippen LogP contribution in [0.5, 0.6) is 17.4 Å². The van der Waals surface area contributed by atoms with Gasteiger partial charge in [0.05, 0.1) is 30.6 Å². The maximum atomic E-state index is 13.5. The van der Waals surface area contributed by atoms with Gasteiger partial charge >= 0.3 is 0 Å². The average Bonchev–Trinajstić information content (AvgIpc) is 3.68. The Morgan fingerprint density at radius 2 is 1.78 bits per heavy atom. The van der Waals surface area contributed by atoms with Crippen LogP contribution in [0.25, 0.3) is 5.69 Å². The van der Waals surface area contributed by atoms with Gasteiger partial charge in [0.15, 0.2) is 0 Å². The van der Waals surface area contributed by atoms with E-state index in [1.807, 2.05) is 48.2 Å². The van der Waals surface area contributed by atoms with Crippen molar-refractivity contribution in [3.8, 4) is 23.1 Å². The van der Waals surface area contributed by atoms with E-state index >= 15 is 0 Å². The van der Waals surface area contributed by atoms with Crippen LogP contribution in [0.2, 0.25) is 5.02 Å². The Labute approximate surface area is 213 Å². The second-order valence-electron chi connectivity index (χ2n) is 8.71. The van der Waals surface area contributed by atoms with E-state index in [0.29, 0.717) is 34.5 Å². The van der Waals surface area contributed by atoms with Crippen molar-refractivity contribution in [2.45, 2.75) is 32.4 Å². The van der Waals surface area contributed by atoms with Gasteiger partial charge in [-0.25, -0.2) is 9.07 Å². The van der Waals surface area contributed by atoms with Crippen molar-refractivity contribution in [2.75, 3.05) is 7.11 Å². The molecule has 0 spiro atoms. The summed E-state index contributed by atoms with van der Waals surface area (Å²) < 4.78 is 26.8. The summed E-state index contributed by atoms with van der Waals surface area (Å²) in [6, 6.07) is 20.4. The summed E-state index contributed by atoms with van der Waals surface area (Å²) >= 11 is 6.27. The summed E-state index contributed by atoms with van der Waals surface area (Å²) in [5.41, 5.74) is 2.70. The number of ether oxygens (including phenoxy) is 2. The number of carbonyl (C=O) groups excluding carboxylic acids is 1. The number of hydrogen-bond donors (Lipinski definition) is 0. The molecule has 0 atom stereocenters. The number of rotatable bonds is 8. The molecular formula is C28H25ClFN3O3. The van der Waals surface area contributed by atoms with E-state index in [4.69, 9.17) is 26.2 Å². The summed E-state index contributed by atoms with van der Waals surface area (Å²) in [5, 5.41) is 5.32. The van der Waals surface area contributed by atoms with Gasteiger partial charge in [0.1, 0.15) is 17.3 Å². The summed E-state index contributed by atoms with van der Waals surface area (Å²) in [6.45, 7) is 2.20. The number of amides is 1. The Morgan fingerprint density at radius 3 is 2.42 bits per heavy atom. The first kappa shape index (κ1) is 23.9. The highest BCUT2D eigenvalue weighted by atomic mass is 35.5. The fourth-order valence-electron chi connectivity index (χ4n) is 4.05. The van der Waals surface area contributed by atoms with Gasteiger partial charge in [-0.15, -0.1) is 0 Å². The van der Waals surface area contributed by atoms with Crippen molar-refractivity contribution >= 4 is 17.5 Å². The number of nitrogens with zero attached hydrogens (tertiary/aromatic N) is 3. The van der Waals surface area contributed by atoms with E-state index in [1.54, 1.807) is 23.9 Å². The molecule has 6 nitrogen and oxygen atoms in total. The predicted octanol–water partition coefficient (Wildman–Crippen LogP) is 6.58. The molecule has 0 unspecified atom stereocenters. The summed E-state index contributed by atoms with van der Waals surface area (Å²) in [7, 11) is 1.61. The molecule has 8 heteroatoms. The monoisotopic (exact) mass is 505 g/mol. The molecule has 184 valence electrons. The highest BCUT2D eigenvalue weighted by Gasteiger charge is 2.35. The van der Waals surface area contributed by atoms with Crippen molar-refractivity contribution < 1.29 is 18.7 Å². The Bertz CT molecular complexity index is 1380. The minimum Gasteiger partial charge on any atom is -0.497 e. The van der Waals surface area contributed by atoms with Crippen LogP contribution in [-0.4, -0.2) is 33.7 Å². The normalized spacial score (nSPS) is 12.9. The van der Waals surface area contributed by atoms with Crippen molar-refractivity contribution in [1.29, 1.82) is 0 Å². The van der Waals surface area contributed by atoms with Gasteiger partial charge in [-0.1, -0.05) is 17.7 Å². The molecule has 5 rings (SSSR count). The number of halogens is 2. The molecule has 1 aliphatic rings. The SMILES string of the molecule is COc1ccc(Oc2c(CN(C(=O)c3ccc(F)cc3)C3CC3)c(C)nn2-c2cccc(Cl)c2)cc1. The number of aromatic nitrogens is 2. The Hall–Kier alpha value is -3.84. The molecule has 3 aromatic carbocycles. The van der Waals surface area contributed by atoms with Crippen LogP contribution in [0.3, 0.4) is 0 Å². The molecule has 0 radical (unpaired) electrons. The predicted molar refractivity (Wildman–Crippen MR) is 136 cm³/mol. The lowest BCUT2D eigenvalue weighted by Gasteiger charge is -2.23. The summed E-state index contributed by atoms with van der Waals surface area (Å²) in [5.74, 6) is 1.29. The molecule has 0 saturated heterocycles. The van der Waals surface area contributed by atoms with Gasteiger partial charge in [-0.3, -0.25) is 4.79 Å². The molecule has 36 heavy (non-hydrogen) atoms. The fourth-order valence-corrected chi connectivity index (χ4v) is 4.23. The molecule has 1 aliphatic carbocycles. The van der Waals surface area contributed by atoms with Gasteiger partial charge < -0.3 is 14.4 Å². The van der Waals surface area contributed by atoms with Crippen molar-refractivity contribution in [3.05, 3.63) is 100 Å². The van der Waals surface area contributed by atoms with Crippen LogP contribution in [0, 0.1) is 12.7 Å². The largest absolute Gasteiger partial charge is 0.497 e. The standard InChI is InChI=1S/C28H25ClFN3O3/c1-18-26(17-32(22-10-11-22)27(34)19-6-8-21(30)9-7-19)28(36-25-14-12-24(35-2)13-15-25)33(31-18)23-5-3-4-20(29)16-23/h3-9,12-16,22H,10-11,17H2,1-2H3.